The summed E-state index contributed by atoms with van der Waals surface area (Å²) in [5.41, 5.74) is -1.70. The summed E-state index contributed by atoms with van der Waals surface area (Å²) in [7, 11) is 0. The zero-order chi connectivity index (χ0) is 29.0. The number of aromatic hydroxyl groups is 1. The van der Waals surface area contributed by atoms with Gasteiger partial charge in [-0.25, -0.2) is 22.4 Å². The van der Waals surface area contributed by atoms with Crippen molar-refractivity contribution >= 4 is 52.3 Å². The van der Waals surface area contributed by atoms with Gasteiger partial charge >= 0.3 is 5.97 Å². The van der Waals surface area contributed by atoms with Gasteiger partial charge in [-0.05, 0) is 29.1 Å². The molecule has 2 unspecified atom stereocenters. The number of carboxylic acids is 1. The Kier molecular flexibility index (Phi) is 9.78. The number of benzene rings is 2. The monoisotopic (exact) mass is 608 g/mol. The second kappa shape index (κ2) is 12.6. The van der Waals surface area contributed by atoms with Crippen molar-refractivity contribution in [3.63, 3.8) is 0 Å². The minimum absolute atomic E-state index is 0.0294. The summed E-state index contributed by atoms with van der Waals surface area (Å²) in [5, 5.41) is 34.3. The van der Waals surface area contributed by atoms with E-state index in [1.807, 2.05) is 0 Å². The summed E-state index contributed by atoms with van der Waals surface area (Å²) in [6.07, 6.45) is -5.58. The zero-order valence-corrected chi connectivity index (χ0v) is 21.7. The number of alkyl halides is 1. The van der Waals surface area contributed by atoms with E-state index >= 15 is 0 Å². The summed E-state index contributed by atoms with van der Waals surface area (Å²) >= 11 is 13.4. The zero-order valence-electron chi connectivity index (χ0n) is 19.4. The lowest BCUT2D eigenvalue weighted by molar-refractivity contribution is -0.139. The van der Waals surface area contributed by atoms with Crippen molar-refractivity contribution in [3.05, 3.63) is 84.8 Å². The van der Waals surface area contributed by atoms with Gasteiger partial charge in [-0.3, -0.25) is 9.59 Å². The maximum atomic E-state index is 14.8. The molecule has 3 atom stereocenters. The molecule has 0 spiro atoms. The van der Waals surface area contributed by atoms with Gasteiger partial charge in [-0.15, -0.1) is 11.3 Å². The second-order valence-electron chi connectivity index (χ2n) is 8.07. The minimum Gasteiger partial charge on any atom is -0.503 e. The average molecular weight is 609 g/mol. The van der Waals surface area contributed by atoms with Gasteiger partial charge in [0.1, 0.15) is 24.1 Å². The van der Waals surface area contributed by atoms with Gasteiger partial charge in [0.25, 0.3) is 11.8 Å². The Morgan fingerprint density at radius 3 is 2.23 bits per heavy atom. The summed E-state index contributed by atoms with van der Waals surface area (Å²) in [6, 6.07) is 3.78. The molecule has 1 aromatic heterocycles. The van der Waals surface area contributed by atoms with E-state index in [0.717, 1.165) is 23.5 Å². The number of phenolic OH excluding ortho intramolecular Hbond substituents is 1. The Bertz CT molecular complexity index is 1390. The van der Waals surface area contributed by atoms with Gasteiger partial charge in [0.15, 0.2) is 17.4 Å². The standard InChI is InChI=1S/C24H18Cl2F4N2O6S/c25-10-4-9(6-13(28)20(33)18-12(27)7-14(29)21(34)19(18)30)5-11(26)17(10)23(36)32-15(24(37)38)8-31-22(35)16-2-1-3-39-16/h1-5,7,13,15,20,33-34H,6,8H2,(H,31,35)(H,32,36)(H,37,38)/t13?,15-,20?/m0/s1. The van der Waals surface area contributed by atoms with Crippen LogP contribution in [-0.4, -0.2) is 51.9 Å². The fourth-order valence-electron chi connectivity index (χ4n) is 3.46. The lowest BCUT2D eigenvalue weighted by Gasteiger charge is -2.19. The first kappa shape index (κ1) is 30.2. The van der Waals surface area contributed by atoms with Crippen molar-refractivity contribution in [2.75, 3.05) is 6.54 Å². The van der Waals surface area contributed by atoms with E-state index in [2.05, 4.69) is 10.6 Å². The largest absolute Gasteiger partial charge is 0.503 e. The quantitative estimate of drug-likeness (QED) is 0.216. The highest BCUT2D eigenvalue weighted by Gasteiger charge is 2.31. The van der Waals surface area contributed by atoms with Crippen LogP contribution in [0.15, 0.2) is 35.7 Å². The van der Waals surface area contributed by atoms with Crippen molar-refractivity contribution in [1.82, 2.24) is 10.6 Å². The molecule has 8 nitrogen and oxygen atoms in total. The maximum absolute atomic E-state index is 14.8. The molecule has 5 N–H and O–H groups in total. The summed E-state index contributed by atoms with van der Waals surface area (Å²) in [4.78, 5) is 36.7. The van der Waals surface area contributed by atoms with Crippen LogP contribution >= 0.6 is 34.5 Å². The topological polar surface area (TPSA) is 136 Å². The molecule has 0 radical (unpaired) electrons. The van der Waals surface area contributed by atoms with Gasteiger partial charge in [0.2, 0.25) is 0 Å². The minimum atomic E-state index is -2.46. The first-order valence-electron chi connectivity index (χ1n) is 10.8. The van der Waals surface area contributed by atoms with Gasteiger partial charge in [0.05, 0.1) is 26.0 Å². The van der Waals surface area contributed by atoms with Gasteiger partial charge in [-0.1, -0.05) is 29.3 Å². The van der Waals surface area contributed by atoms with Crippen LogP contribution in [0.25, 0.3) is 0 Å². The highest BCUT2D eigenvalue weighted by atomic mass is 35.5. The molecule has 3 rings (SSSR count). The number of rotatable bonds is 10. The third kappa shape index (κ3) is 6.98. The summed E-state index contributed by atoms with van der Waals surface area (Å²) in [5.74, 6) is -9.78. The Balaban J connectivity index is 1.73. The van der Waals surface area contributed by atoms with Crippen LogP contribution in [0.3, 0.4) is 0 Å². The lowest BCUT2D eigenvalue weighted by atomic mass is 9.97. The van der Waals surface area contributed by atoms with E-state index < -0.39 is 77.8 Å². The Hall–Kier alpha value is -3.39. The molecule has 0 fully saturated rings. The average Bonchev–Trinajstić information content (AvgIpc) is 3.39. The Morgan fingerprint density at radius 2 is 1.67 bits per heavy atom. The van der Waals surface area contributed by atoms with Crippen molar-refractivity contribution in [2.45, 2.75) is 24.7 Å². The number of nitrogens with one attached hydrogen (secondary N) is 2. The molecule has 0 saturated heterocycles. The van der Waals surface area contributed by atoms with E-state index in [4.69, 9.17) is 23.2 Å². The van der Waals surface area contributed by atoms with E-state index in [9.17, 15) is 47.3 Å². The van der Waals surface area contributed by atoms with Crippen LogP contribution < -0.4 is 10.6 Å². The number of carbonyl (C=O) groups excluding carboxylic acids is 2. The van der Waals surface area contributed by atoms with Crippen LogP contribution in [0.2, 0.25) is 10.0 Å². The predicted molar refractivity (Wildman–Crippen MR) is 134 cm³/mol. The molecule has 0 bridgehead atoms. The molecule has 0 aliphatic carbocycles. The van der Waals surface area contributed by atoms with Crippen LogP contribution in [0.1, 0.15) is 37.3 Å². The Labute approximate surface area is 231 Å². The third-order valence-electron chi connectivity index (χ3n) is 5.39. The van der Waals surface area contributed by atoms with E-state index in [0.29, 0.717) is 4.88 Å². The van der Waals surface area contributed by atoms with Crippen LogP contribution in [-0.2, 0) is 11.2 Å². The van der Waals surface area contributed by atoms with E-state index in [1.54, 1.807) is 11.4 Å². The summed E-state index contributed by atoms with van der Waals surface area (Å²) < 4.78 is 56.1. The molecule has 3 aromatic rings. The summed E-state index contributed by atoms with van der Waals surface area (Å²) in [6.45, 7) is -0.474. The number of carbonyl (C=O) groups is 3. The highest BCUT2D eigenvalue weighted by Crippen LogP contribution is 2.34. The Morgan fingerprint density at radius 1 is 1.03 bits per heavy atom. The van der Waals surface area contributed by atoms with Crippen LogP contribution in [0.4, 0.5) is 17.6 Å². The fraction of sp³-hybridized carbons (Fsp3) is 0.208. The fourth-order valence-corrected chi connectivity index (χ4v) is 4.81. The number of halogens is 6. The number of aliphatic hydroxyl groups is 1. The molecule has 0 aliphatic rings. The molecule has 2 amide bonds. The van der Waals surface area contributed by atoms with Gasteiger partial charge in [-0.2, -0.15) is 0 Å². The first-order chi connectivity index (χ1) is 18.3. The normalized spacial score (nSPS) is 13.4. The maximum Gasteiger partial charge on any atom is 0.328 e. The molecular weight excluding hydrogens is 591 g/mol. The number of aliphatic carboxylic acids is 1. The van der Waals surface area contributed by atoms with Crippen molar-refractivity contribution in [2.24, 2.45) is 0 Å². The third-order valence-corrected chi connectivity index (χ3v) is 6.86. The highest BCUT2D eigenvalue weighted by molar-refractivity contribution is 7.12. The first-order valence-corrected chi connectivity index (χ1v) is 12.5. The molecule has 0 saturated carbocycles. The van der Waals surface area contributed by atoms with E-state index in [-0.39, 0.29) is 27.2 Å². The van der Waals surface area contributed by atoms with Crippen molar-refractivity contribution in [3.8, 4) is 5.75 Å². The lowest BCUT2D eigenvalue weighted by Crippen LogP contribution is -2.48. The number of thiophene rings is 1. The smallest absolute Gasteiger partial charge is 0.328 e. The second-order valence-corrected chi connectivity index (χ2v) is 9.83. The molecule has 39 heavy (non-hydrogen) atoms. The van der Waals surface area contributed by atoms with Crippen LogP contribution in [0.5, 0.6) is 5.75 Å². The number of aliphatic hydroxyl groups excluding tert-OH is 1. The molecule has 15 heteroatoms. The SMILES string of the molecule is O=C(NC[C@H](NC(=O)c1c(Cl)cc(CC(F)C(O)c2c(F)cc(F)c(O)c2F)cc1Cl)C(=O)O)c1cccs1. The number of carboxylic acid groups (broad SMARTS) is 1. The molecule has 208 valence electrons. The van der Waals surface area contributed by atoms with Crippen LogP contribution in [0, 0.1) is 17.5 Å². The number of hydrogen-bond donors (Lipinski definition) is 5. The molecule has 2 aromatic carbocycles. The number of hydrogen-bond acceptors (Lipinski definition) is 6. The van der Waals surface area contributed by atoms with Gasteiger partial charge < -0.3 is 26.0 Å². The molecule has 0 aliphatic heterocycles. The van der Waals surface area contributed by atoms with E-state index in [1.165, 1.54) is 6.07 Å². The van der Waals surface area contributed by atoms with Gasteiger partial charge in [0, 0.05) is 19.0 Å². The number of amides is 2. The predicted octanol–water partition coefficient (Wildman–Crippen LogP) is 4.41. The van der Waals surface area contributed by atoms with Crippen molar-refractivity contribution in [1.29, 1.82) is 0 Å². The molecule has 1 heterocycles. The molecular formula is C24H18Cl2F4N2O6S. The van der Waals surface area contributed by atoms with Crippen molar-refractivity contribution < 1.29 is 47.3 Å². The number of phenols is 1.